The summed E-state index contributed by atoms with van der Waals surface area (Å²) in [5.74, 6) is -0.762. The van der Waals surface area contributed by atoms with Gasteiger partial charge in [-0.1, -0.05) is 12.1 Å². The first-order valence-corrected chi connectivity index (χ1v) is 10.7. The van der Waals surface area contributed by atoms with Crippen molar-refractivity contribution in [2.75, 3.05) is 4.90 Å². The van der Waals surface area contributed by atoms with Gasteiger partial charge in [0.05, 0.1) is 17.8 Å². The molecule has 0 atom stereocenters. The zero-order chi connectivity index (χ0) is 22.0. The molecule has 0 saturated heterocycles. The minimum Gasteiger partial charge on any atom is -0.508 e. The van der Waals surface area contributed by atoms with Crippen molar-refractivity contribution < 1.29 is 15.0 Å². The number of hydrogen-bond acceptors (Lipinski definition) is 6. The summed E-state index contributed by atoms with van der Waals surface area (Å²) in [5.41, 5.74) is 4.19. The molecule has 0 unspecified atom stereocenters. The molecule has 1 amide bonds. The van der Waals surface area contributed by atoms with Crippen LogP contribution in [0.1, 0.15) is 21.5 Å². The molecular weight excluding hydrogens is 434 g/mol. The molecule has 0 bridgehead atoms. The van der Waals surface area contributed by atoms with E-state index in [4.69, 9.17) is 11.6 Å². The fraction of sp³-hybridized carbons (Fsp3) is 0.0870. The molecule has 4 aromatic rings. The third kappa shape index (κ3) is 4.52. The van der Waals surface area contributed by atoms with E-state index < -0.39 is 0 Å². The topological polar surface area (TPSA) is 86.6 Å². The molecule has 2 heterocycles. The lowest BCUT2D eigenvalue weighted by atomic mass is 10.1. The molecular formula is C23H18ClN3O3S. The predicted octanol–water partition coefficient (Wildman–Crippen LogP) is 5.43. The molecule has 2 aromatic heterocycles. The Morgan fingerprint density at radius 2 is 1.90 bits per heavy atom. The molecule has 4 rings (SSSR count). The van der Waals surface area contributed by atoms with E-state index in [1.807, 2.05) is 48.0 Å². The van der Waals surface area contributed by atoms with Gasteiger partial charge in [-0.15, -0.1) is 0 Å². The third-order valence-electron chi connectivity index (χ3n) is 4.77. The first-order chi connectivity index (χ1) is 14.9. The van der Waals surface area contributed by atoms with E-state index in [1.54, 1.807) is 22.4 Å². The Morgan fingerprint density at radius 3 is 2.58 bits per heavy atom. The first kappa shape index (κ1) is 20.8. The summed E-state index contributed by atoms with van der Waals surface area (Å²) >= 11 is 7.49. The zero-order valence-corrected chi connectivity index (χ0v) is 18.1. The lowest BCUT2D eigenvalue weighted by molar-refractivity contribution is 0.0982. The Balaban J connectivity index is 1.71. The summed E-state index contributed by atoms with van der Waals surface area (Å²) in [4.78, 5) is 23.2. The highest BCUT2D eigenvalue weighted by molar-refractivity contribution is 7.07. The number of benzene rings is 2. The molecule has 0 fully saturated rings. The van der Waals surface area contributed by atoms with Crippen LogP contribution in [0.3, 0.4) is 0 Å². The summed E-state index contributed by atoms with van der Waals surface area (Å²) in [6, 6.07) is 13.3. The van der Waals surface area contributed by atoms with E-state index in [2.05, 4.69) is 9.97 Å². The predicted molar refractivity (Wildman–Crippen MR) is 122 cm³/mol. The number of rotatable bonds is 5. The number of aromatic nitrogens is 2. The fourth-order valence-corrected chi connectivity index (χ4v) is 4.00. The van der Waals surface area contributed by atoms with Crippen molar-refractivity contribution in [3.63, 3.8) is 0 Å². The Labute approximate surface area is 188 Å². The van der Waals surface area contributed by atoms with E-state index >= 15 is 0 Å². The van der Waals surface area contributed by atoms with Crippen LogP contribution in [0.5, 0.6) is 11.5 Å². The quantitative estimate of drug-likeness (QED) is 0.395. The molecule has 0 spiro atoms. The Kier molecular flexibility index (Phi) is 5.88. The smallest absolute Gasteiger partial charge is 0.262 e. The van der Waals surface area contributed by atoms with E-state index in [0.717, 1.165) is 28.5 Å². The van der Waals surface area contributed by atoms with E-state index in [9.17, 15) is 15.0 Å². The van der Waals surface area contributed by atoms with Gasteiger partial charge in [0.15, 0.2) is 0 Å². The van der Waals surface area contributed by atoms with Crippen LogP contribution in [-0.4, -0.2) is 26.1 Å². The van der Waals surface area contributed by atoms with Crippen molar-refractivity contribution in [2.24, 2.45) is 0 Å². The van der Waals surface area contributed by atoms with Crippen LogP contribution in [0.15, 0.2) is 65.5 Å². The van der Waals surface area contributed by atoms with Gasteiger partial charge >= 0.3 is 0 Å². The Morgan fingerprint density at radius 1 is 1.13 bits per heavy atom. The number of aryl methyl sites for hydroxylation is 1. The maximum atomic E-state index is 13.3. The molecule has 0 aliphatic rings. The van der Waals surface area contributed by atoms with Gasteiger partial charge in [0, 0.05) is 23.5 Å². The number of thiophene rings is 1. The summed E-state index contributed by atoms with van der Waals surface area (Å²) in [7, 11) is 0. The Hall–Kier alpha value is -3.42. The molecule has 31 heavy (non-hydrogen) atoms. The van der Waals surface area contributed by atoms with E-state index in [1.165, 1.54) is 12.1 Å². The molecule has 6 nitrogen and oxygen atoms in total. The van der Waals surface area contributed by atoms with Crippen molar-refractivity contribution in [1.82, 2.24) is 9.97 Å². The van der Waals surface area contributed by atoms with Crippen LogP contribution in [0, 0.1) is 6.92 Å². The second-order valence-corrected chi connectivity index (χ2v) is 8.06. The number of nitrogens with zero attached hydrogens (tertiary/aromatic N) is 3. The lowest BCUT2D eigenvalue weighted by Crippen LogP contribution is -2.30. The van der Waals surface area contributed by atoms with Gasteiger partial charge in [0.25, 0.3) is 5.91 Å². The normalized spacial score (nSPS) is 10.8. The number of anilines is 1. The molecule has 0 saturated carbocycles. The van der Waals surface area contributed by atoms with Crippen LogP contribution in [-0.2, 0) is 6.54 Å². The zero-order valence-electron chi connectivity index (χ0n) is 16.5. The van der Waals surface area contributed by atoms with E-state index in [-0.39, 0.29) is 28.3 Å². The van der Waals surface area contributed by atoms with Gasteiger partial charge in [-0.25, -0.2) is 9.97 Å². The Bertz CT molecular complexity index is 1230. The lowest BCUT2D eigenvalue weighted by Gasteiger charge is -2.23. The molecule has 0 aliphatic carbocycles. The maximum absolute atomic E-state index is 13.3. The molecule has 0 radical (unpaired) electrons. The van der Waals surface area contributed by atoms with Crippen molar-refractivity contribution in [2.45, 2.75) is 13.5 Å². The monoisotopic (exact) mass is 451 g/mol. The standard InChI is InChI=1S/C23H18ClN3O3S/c1-14-11-25-23(24)26-21(14)16-2-4-17(5-3-16)27(12-15-8-9-31-13-15)22(30)19-7-6-18(28)10-20(19)29/h2-11,13,28-29H,12H2,1H3. The number of hydrogen-bond donors (Lipinski definition) is 2. The van der Waals surface area contributed by atoms with Crippen LogP contribution < -0.4 is 4.90 Å². The molecule has 2 aromatic carbocycles. The van der Waals surface area contributed by atoms with Gasteiger partial charge in [-0.05, 0) is 70.7 Å². The van der Waals surface area contributed by atoms with Crippen LogP contribution in [0.4, 0.5) is 5.69 Å². The SMILES string of the molecule is Cc1cnc(Cl)nc1-c1ccc(N(Cc2ccsc2)C(=O)c2ccc(O)cc2O)cc1. The average Bonchev–Trinajstić information content (AvgIpc) is 3.27. The highest BCUT2D eigenvalue weighted by Crippen LogP contribution is 2.30. The minimum absolute atomic E-state index is 0.107. The van der Waals surface area contributed by atoms with Crippen LogP contribution in [0.2, 0.25) is 5.28 Å². The van der Waals surface area contributed by atoms with Gasteiger partial charge < -0.3 is 15.1 Å². The number of aromatic hydroxyl groups is 2. The van der Waals surface area contributed by atoms with Gasteiger partial charge in [-0.3, -0.25) is 4.79 Å². The van der Waals surface area contributed by atoms with Gasteiger partial charge in [-0.2, -0.15) is 11.3 Å². The summed E-state index contributed by atoms with van der Waals surface area (Å²) in [6.07, 6.45) is 1.67. The highest BCUT2D eigenvalue weighted by Gasteiger charge is 2.22. The summed E-state index contributed by atoms with van der Waals surface area (Å²) in [5, 5.41) is 23.8. The van der Waals surface area contributed by atoms with Gasteiger partial charge in [0.1, 0.15) is 11.5 Å². The largest absolute Gasteiger partial charge is 0.508 e. The van der Waals surface area contributed by atoms with Crippen LogP contribution in [0.25, 0.3) is 11.3 Å². The number of amides is 1. The number of phenols is 2. The van der Waals surface area contributed by atoms with Crippen LogP contribution >= 0.6 is 22.9 Å². The maximum Gasteiger partial charge on any atom is 0.262 e. The van der Waals surface area contributed by atoms with Crippen molar-refractivity contribution in [3.8, 4) is 22.8 Å². The second-order valence-electron chi connectivity index (χ2n) is 6.94. The molecule has 0 aliphatic heterocycles. The summed E-state index contributed by atoms with van der Waals surface area (Å²) < 4.78 is 0. The average molecular weight is 452 g/mol. The van der Waals surface area contributed by atoms with Crippen molar-refractivity contribution in [1.29, 1.82) is 0 Å². The minimum atomic E-state index is -0.377. The highest BCUT2D eigenvalue weighted by atomic mass is 35.5. The molecule has 2 N–H and O–H groups in total. The fourth-order valence-electron chi connectivity index (χ4n) is 3.20. The number of phenolic OH excluding ortho intramolecular Hbond substituents is 2. The third-order valence-corrected chi connectivity index (χ3v) is 5.69. The molecule has 8 heteroatoms. The number of carbonyl (C=O) groups is 1. The van der Waals surface area contributed by atoms with Crippen molar-refractivity contribution in [3.05, 3.63) is 87.5 Å². The number of carbonyl (C=O) groups excluding carboxylic acids is 1. The molecule has 156 valence electrons. The first-order valence-electron chi connectivity index (χ1n) is 9.37. The summed E-state index contributed by atoms with van der Waals surface area (Å²) in [6.45, 7) is 2.24. The van der Waals surface area contributed by atoms with E-state index in [0.29, 0.717) is 12.2 Å². The van der Waals surface area contributed by atoms with Crippen molar-refractivity contribution >= 4 is 34.5 Å². The second kappa shape index (κ2) is 8.75. The number of halogens is 1. The van der Waals surface area contributed by atoms with Gasteiger partial charge in [0.2, 0.25) is 5.28 Å².